The van der Waals surface area contributed by atoms with Crippen LogP contribution < -0.4 is 4.74 Å². The van der Waals surface area contributed by atoms with Crippen molar-refractivity contribution in [1.29, 1.82) is 0 Å². The zero-order valence-corrected chi connectivity index (χ0v) is 13.8. The Kier molecular flexibility index (Phi) is 6.50. The molecule has 2 unspecified atom stereocenters. The first-order valence-electron chi connectivity index (χ1n) is 7.38. The van der Waals surface area contributed by atoms with Crippen LogP contribution in [0.4, 0.5) is 0 Å². The standard InChI is InChI=1S/C17H29NO2/c1-7-14(13-18(3)4)17(8-2,20-6)15-10-9-11-16(12-15)19-5/h9-12,14H,7-8,13H2,1-6H3. The summed E-state index contributed by atoms with van der Waals surface area (Å²) < 4.78 is 11.4. The Morgan fingerprint density at radius 2 is 1.90 bits per heavy atom. The molecule has 20 heavy (non-hydrogen) atoms. The molecule has 114 valence electrons. The van der Waals surface area contributed by atoms with E-state index in [1.54, 1.807) is 7.11 Å². The molecule has 2 atom stereocenters. The molecule has 0 saturated carbocycles. The number of methoxy groups -OCH3 is 2. The highest BCUT2D eigenvalue weighted by molar-refractivity contribution is 5.33. The van der Waals surface area contributed by atoms with E-state index in [-0.39, 0.29) is 5.60 Å². The first-order chi connectivity index (χ1) is 9.53. The number of ether oxygens (including phenoxy) is 2. The molecule has 0 fully saturated rings. The van der Waals surface area contributed by atoms with Crippen molar-refractivity contribution in [3.63, 3.8) is 0 Å². The normalized spacial score (nSPS) is 15.9. The van der Waals surface area contributed by atoms with Gasteiger partial charge in [-0.15, -0.1) is 0 Å². The fraction of sp³-hybridized carbons (Fsp3) is 0.647. The van der Waals surface area contributed by atoms with Gasteiger partial charge in [0, 0.05) is 19.6 Å². The Labute approximate surface area is 123 Å². The van der Waals surface area contributed by atoms with Crippen LogP contribution in [0.2, 0.25) is 0 Å². The lowest BCUT2D eigenvalue weighted by Crippen LogP contribution is -2.41. The summed E-state index contributed by atoms with van der Waals surface area (Å²) in [7, 11) is 7.76. The van der Waals surface area contributed by atoms with Crippen LogP contribution >= 0.6 is 0 Å². The molecule has 1 aromatic carbocycles. The van der Waals surface area contributed by atoms with Gasteiger partial charge in [-0.1, -0.05) is 26.0 Å². The lowest BCUT2D eigenvalue weighted by atomic mass is 9.77. The van der Waals surface area contributed by atoms with E-state index in [0.717, 1.165) is 25.1 Å². The van der Waals surface area contributed by atoms with Crippen molar-refractivity contribution >= 4 is 0 Å². The molecule has 0 radical (unpaired) electrons. The van der Waals surface area contributed by atoms with Crippen molar-refractivity contribution in [2.75, 3.05) is 34.9 Å². The Morgan fingerprint density at radius 1 is 1.20 bits per heavy atom. The minimum Gasteiger partial charge on any atom is -0.497 e. The third kappa shape index (κ3) is 3.53. The number of hydrogen-bond donors (Lipinski definition) is 0. The molecule has 1 rings (SSSR count). The van der Waals surface area contributed by atoms with Gasteiger partial charge in [0.1, 0.15) is 5.75 Å². The van der Waals surface area contributed by atoms with Gasteiger partial charge < -0.3 is 14.4 Å². The molecule has 1 aromatic rings. The molecule has 3 heteroatoms. The Morgan fingerprint density at radius 3 is 2.35 bits per heavy atom. The average molecular weight is 279 g/mol. The molecule has 0 aliphatic rings. The zero-order chi connectivity index (χ0) is 15.2. The predicted octanol–water partition coefficient (Wildman–Crippen LogP) is 3.53. The lowest BCUT2D eigenvalue weighted by molar-refractivity contribution is -0.0756. The van der Waals surface area contributed by atoms with Crippen LogP contribution in [-0.2, 0) is 10.3 Å². The largest absolute Gasteiger partial charge is 0.497 e. The number of nitrogens with zero attached hydrogens (tertiary/aromatic N) is 1. The van der Waals surface area contributed by atoms with Crippen LogP contribution in [0.5, 0.6) is 5.75 Å². The second kappa shape index (κ2) is 7.65. The van der Waals surface area contributed by atoms with E-state index in [0.29, 0.717) is 5.92 Å². The van der Waals surface area contributed by atoms with Crippen molar-refractivity contribution < 1.29 is 9.47 Å². The quantitative estimate of drug-likeness (QED) is 0.726. The third-order valence-electron chi connectivity index (χ3n) is 4.19. The average Bonchev–Trinajstić information content (AvgIpc) is 2.47. The van der Waals surface area contributed by atoms with Crippen molar-refractivity contribution in [2.24, 2.45) is 5.92 Å². The molecule has 0 saturated heterocycles. The van der Waals surface area contributed by atoms with Gasteiger partial charge >= 0.3 is 0 Å². The van der Waals surface area contributed by atoms with Gasteiger partial charge in [0.15, 0.2) is 0 Å². The molecule has 3 nitrogen and oxygen atoms in total. The number of rotatable bonds is 8. The van der Waals surface area contributed by atoms with Crippen LogP contribution in [0.1, 0.15) is 32.3 Å². The van der Waals surface area contributed by atoms with Crippen molar-refractivity contribution in [2.45, 2.75) is 32.3 Å². The monoisotopic (exact) mass is 279 g/mol. The van der Waals surface area contributed by atoms with Crippen LogP contribution in [0.3, 0.4) is 0 Å². The highest BCUT2D eigenvalue weighted by atomic mass is 16.5. The molecule has 0 bridgehead atoms. The molecule has 0 spiro atoms. The van der Waals surface area contributed by atoms with Gasteiger partial charge in [0.2, 0.25) is 0 Å². The molecule has 0 heterocycles. The van der Waals surface area contributed by atoms with Crippen LogP contribution in [-0.4, -0.2) is 39.8 Å². The topological polar surface area (TPSA) is 21.7 Å². The second-order valence-corrected chi connectivity index (χ2v) is 5.55. The lowest BCUT2D eigenvalue weighted by Gasteiger charge is -2.40. The summed E-state index contributed by atoms with van der Waals surface area (Å²) in [6.07, 6.45) is 2.03. The van der Waals surface area contributed by atoms with Crippen LogP contribution in [0.15, 0.2) is 24.3 Å². The molecular weight excluding hydrogens is 250 g/mol. The SMILES string of the molecule is CCC(CN(C)C)C(CC)(OC)c1cccc(OC)c1. The van der Waals surface area contributed by atoms with Gasteiger partial charge in [0.05, 0.1) is 12.7 Å². The summed E-state index contributed by atoms with van der Waals surface area (Å²) in [4.78, 5) is 2.23. The Balaban J connectivity index is 3.23. The molecule has 0 amide bonds. The second-order valence-electron chi connectivity index (χ2n) is 5.55. The molecule has 0 aliphatic heterocycles. The Hall–Kier alpha value is -1.06. The maximum absolute atomic E-state index is 6.04. The highest BCUT2D eigenvalue weighted by Gasteiger charge is 2.38. The van der Waals surface area contributed by atoms with E-state index in [1.165, 1.54) is 5.56 Å². The van der Waals surface area contributed by atoms with Crippen molar-refractivity contribution in [3.05, 3.63) is 29.8 Å². The molecule has 0 aliphatic carbocycles. The Bertz CT molecular complexity index is 400. The van der Waals surface area contributed by atoms with E-state index < -0.39 is 0 Å². The fourth-order valence-corrected chi connectivity index (χ4v) is 3.09. The van der Waals surface area contributed by atoms with E-state index in [9.17, 15) is 0 Å². The van der Waals surface area contributed by atoms with Gasteiger partial charge in [-0.25, -0.2) is 0 Å². The van der Waals surface area contributed by atoms with Crippen molar-refractivity contribution in [3.8, 4) is 5.75 Å². The van der Waals surface area contributed by atoms with Crippen LogP contribution in [0, 0.1) is 5.92 Å². The van der Waals surface area contributed by atoms with Gasteiger partial charge in [-0.3, -0.25) is 0 Å². The van der Waals surface area contributed by atoms with Gasteiger partial charge in [-0.05, 0) is 44.6 Å². The zero-order valence-electron chi connectivity index (χ0n) is 13.8. The fourth-order valence-electron chi connectivity index (χ4n) is 3.09. The van der Waals surface area contributed by atoms with E-state index in [4.69, 9.17) is 9.47 Å². The highest BCUT2D eigenvalue weighted by Crippen LogP contribution is 2.40. The van der Waals surface area contributed by atoms with E-state index in [2.05, 4.69) is 45.0 Å². The maximum Gasteiger partial charge on any atom is 0.119 e. The smallest absolute Gasteiger partial charge is 0.119 e. The molecule has 0 N–H and O–H groups in total. The minimum absolute atomic E-state index is 0.256. The van der Waals surface area contributed by atoms with Gasteiger partial charge in [-0.2, -0.15) is 0 Å². The summed E-state index contributed by atoms with van der Waals surface area (Å²) in [5.41, 5.74) is 0.948. The van der Waals surface area contributed by atoms with E-state index >= 15 is 0 Å². The van der Waals surface area contributed by atoms with Crippen molar-refractivity contribution in [1.82, 2.24) is 4.90 Å². The summed E-state index contributed by atoms with van der Waals surface area (Å²) in [6, 6.07) is 8.27. The molecule has 0 aromatic heterocycles. The number of benzene rings is 1. The van der Waals surface area contributed by atoms with Crippen LogP contribution in [0.25, 0.3) is 0 Å². The minimum atomic E-state index is -0.256. The predicted molar refractivity (Wildman–Crippen MR) is 84.3 cm³/mol. The summed E-state index contributed by atoms with van der Waals surface area (Å²) >= 11 is 0. The van der Waals surface area contributed by atoms with E-state index in [1.807, 2.05) is 19.2 Å². The maximum atomic E-state index is 6.04. The first kappa shape index (κ1) is 17.0. The number of hydrogen-bond acceptors (Lipinski definition) is 3. The third-order valence-corrected chi connectivity index (χ3v) is 4.19. The summed E-state index contributed by atoms with van der Waals surface area (Å²) in [6.45, 7) is 5.44. The molecular formula is C17H29NO2. The summed E-state index contributed by atoms with van der Waals surface area (Å²) in [5.74, 6) is 1.33. The van der Waals surface area contributed by atoms with Gasteiger partial charge in [0.25, 0.3) is 0 Å². The first-order valence-corrected chi connectivity index (χ1v) is 7.38. The summed E-state index contributed by atoms with van der Waals surface area (Å²) in [5, 5.41) is 0.